The average molecular weight is 396 g/mol. The Morgan fingerprint density at radius 3 is 2.69 bits per heavy atom. The van der Waals surface area contributed by atoms with Gasteiger partial charge in [0.25, 0.3) is 5.91 Å². The topological polar surface area (TPSA) is 69.7 Å². The number of benzene rings is 1. The number of hydrogen-bond donors (Lipinski definition) is 2. The quantitative estimate of drug-likeness (QED) is 0.783. The predicted molar refractivity (Wildman–Crippen MR) is 115 cm³/mol. The van der Waals surface area contributed by atoms with E-state index >= 15 is 0 Å². The molecule has 2 aromatic rings. The van der Waals surface area contributed by atoms with E-state index < -0.39 is 0 Å². The van der Waals surface area contributed by atoms with Crippen molar-refractivity contribution in [1.29, 1.82) is 0 Å². The molecule has 2 N–H and O–H groups in total. The number of hydrogen-bond acceptors (Lipinski definition) is 6. The fourth-order valence-corrected chi connectivity index (χ4v) is 3.72. The number of likely N-dealkylation sites (N-methyl/N-ethyl adjacent to an activating group) is 1. The van der Waals surface area contributed by atoms with E-state index in [0.717, 1.165) is 51.3 Å². The molecule has 1 aromatic carbocycles. The second-order valence-corrected chi connectivity index (χ2v) is 7.74. The summed E-state index contributed by atoms with van der Waals surface area (Å²) < 4.78 is 5.56. The minimum Gasteiger partial charge on any atom is -0.376 e. The molecule has 0 radical (unpaired) electrons. The van der Waals surface area contributed by atoms with Crippen LogP contribution in [0.25, 0.3) is 0 Å². The number of amides is 1. The van der Waals surface area contributed by atoms with Crippen molar-refractivity contribution in [1.82, 2.24) is 15.2 Å². The third-order valence-corrected chi connectivity index (χ3v) is 5.54. The van der Waals surface area contributed by atoms with Crippen molar-refractivity contribution >= 4 is 23.1 Å². The van der Waals surface area contributed by atoms with E-state index in [-0.39, 0.29) is 12.0 Å². The first-order valence-electron chi connectivity index (χ1n) is 10.3. The van der Waals surface area contributed by atoms with Gasteiger partial charge in [-0.2, -0.15) is 0 Å². The van der Waals surface area contributed by atoms with Gasteiger partial charge in [0.05, 0.1) is 6.10 Å². The molecule has 1 unspecified atom stereocenters. The molecule has 7 nitrogen and oxygen atoms in total. The molecule has 2 aliphatic heterocycles. The Labute approximate surface area is 172 Å². The summed E-state index contributed by atoms with van der Waals surface area (Å²) >= 11 is 0. The Hall–Kier alpha value is -2.64. The number of carbonyl (C=O) groups excluding carboxylic acids is 1. The molecule has 2 saturated heterocycles. The van der Waals surface area contributed by atoms with Gasteiger partial charge in [-0.3, -0.25) is 4.79 Å². The van der Waals surface area contributed by atoms with E-state index in [2.05, 4.69) is 56.7 Å². The summed E-state index contributed by atoms with van der Waals surface area (Å²) in [6, 6.07) is 11.9. The van der Waals surface area contributed by atoms with E-state index in [9.17, 15) is 4.79 Å². The predicted octanol–water partition coefficient (Wildman–Crippen LogP) is 2.49. The van der Waals surface area contributed by atoms with Crippen molar-refractivity contribution in [3.8, 4) is 0 Å². The summed E-state index contributed by atoms with van der Waals surface area (Å²) in [5.74, 6) is 0.554. The summed E-state index contributed by atoms with van der Waals surface area (Å²) in [6.07, 6.45) is 3.87. The Bertz CT molecular complexity index is 812. The third kappa shape index (κ3) is 5.25. The number of ether oxygens (including phenoxy) is 1. The average Bonchev–Trinajstić information content (AvgIpc) is 3.27. The number of nitrogens with zero attached hydrogens (tertiary/aromatic N) is 3. The first-order chi connectivity index (χ1) is 14.2. The van der Waals surface area contributed by atoms with Gasteiger partial charge >= 0.3 is 0 Å². The standard InChI is InChI=1S/C22H29N5O2/c1-26-10-12-27(13-11-26)19-6-4-18(5-7-19)25-21-15-17(8-9-23-21)22(28)24-16-20-3-2-14-29-20/h4-9,15,20H,2-3,10-14,16H2,1H3,(H,23,25)(H,24,28). The lowest BCUT2D eigenvalue weighted by Gasteiger charge is -2.34. The fourth-order valence-electron chi connectivity index (χ4n) is 3.72. The highest BCUT2D eigenvalue weighted by atomic mass is 16.5. The summed E-state index contributed by atoms with van der Waals surface area (Å²) in [5, 5.41) is 6.24. The molecule has 0 aliphatic carbocycles. The highest BCUT2D eigenvalue weighted by Gasteiger charge is 2.17. The maximum atomic E-state index is 12.4. The lowest BCUT2D eigenvalue weighted by Crippen LogP contribution is -2.44. The zero-order valence-corrected chi connectivity index (χ0v) is 16.9. The number of aromatic nitrogens is 1. The number of rotatable bonds is 6. The van der Waals surface area contributed by atoms with Crippen molar-refractivity contribution in [2.45, 2.75) is 18.9 Å². The molecule has 3 heterocycles. The van der Waals surface area contributed by atoms with Crippen LogP contribution < -0.4 is 15.5 Å². The summed E-state index contributed by atoms with van der Waals surface area (Å²) in [5.41, 5.74) is 2.78. The Balaban J connectivity index is 1.34. The van der Waals surface area contributed by atoms with E-state index in [1.165, 1.54) is 5.69 Å². The van der Waals surface area contributed by atoms with Crippen LogP contribution in [0.15, 0.2) is 42.6 Å². The van der Waals surface area contributed by atoms with Gasteiger partial charge in [-0.1, -0.05) is 0 Å². The molecule has 2 aliphatic rings. The summed E-state index contributed by atoms with van der Waals surface area (Å²) in [7, 11) is 2.16. The van der Waals surface area contributed by atoms with Crippen LogP contribution in [0.3, 0.4) is 0 Å². The smallest absolute Gasteiger partial charge is 0.251 e. The van der Waals surface area contributed by atoms with Gasteiger partial charge in [-0.25, -0.2) is 4.98 Å². The SMILES string of the molecule is CN1CCN(c2ccc(Nc3cc(C(=O)NCC4CCCO4)ccn3)cc2)CC1. The zero-order valence-electron chi connectivity index (χ0n) is 16.9. The lowest BCUT2D eigenvalue weighted by atomic mass is 10.2. The molecule has 0 spiro atoms. The first-order valence-corrected chi connectivity index (χ1v) is 10.3. The monoisotopic (exact) mass is 395 g/mol. The van der Waals surface area contributed by atoms with E-state index in [4.69, 9.17) is 4.74 Å². The summed E-state index contributed by atoms with van der Waals surface area (Å²) in [6.45, 7) is 5.62. The van der Waals surface area contributed by atoms with Crippen LogP contribution >= 0.6 is 0 Å². The number of nitrogens with one attached hydrogen (secondary N) is 2. The van der Waals surface area contributed by atoms with E-state index in [1.54, 1.807) is 18.3 Å². The minimum atomic E-state index is -0.101. The van der Waals surface area contributed by atoms with Crippen LogP contribution in [-0.4, -0.2) is 68.3 Å². The van der Waals surface area contributed by atoms with Gasteiger partial charge in [0.15, 0.2) is 0 Å². The minimum absolute atomic E-state index is 0.101. The number of pyridine rings is 1. The molecule has 1 atom stereocenters. The molecule has 0 bridgehead atoms. The van der Waals surface area contributed by atoms with Crippen LogP contribution in [0.4, 0.5) is 17.2 Å². The van der Waals surface area contributed by atoms with Crippen LogP contribution in [0.2, 0.25) is 0 Å². The second-order valence-electron chi connectivity index (χ2n) is 7.74. The van der Waals surface area contributed by atoms with Gasteiger partial charge in [0.2, 0.25) is 0 Å². The largest absolute Gasteiger partial charge is 0.376 e. The van der Waals surface area contributed by atoms with Gasteiger partial charge in [0, 0.05) is 62.5 Å². The normalized spacial score (nSPS) is 19.9. The number of piperazine rings is 1. The van der Waals surface area contributed by atoms with E-state index in [1.807, 2.05) is 0 Å². The van der Waals surface area contributed by atoms with Crippen molar-refractivity contribution in [3.63, 3.8) is 0 Å². The van der Waals surface area contributed by atoms with Gasteiger partial charge in [-0.05, 0) is 56.3 Å². The molecule has 1 amide bonds. The summed E-state index contributed by atoms with van der Waals surface area (Å²) in [4.78, 5) is 21.5. The van der Waals surface area contributed by atoms with Crippen molar-refractivity contribution in [2.24, 2.45) is 0 Å². The highest BCUT2D eigenvalue weighted by Crippen LogP contribution is 2.22. The molecular weight excluding hydrogens is 366 g/mol. The Kier molecular flexibility index (Phi) is 6.27. The van der Waals surface area contributed by atoms with Crippen molar-refractivity contribution in [2.75, 3.05) is 56.6 Å². The maximum Gasteiger partial charge on any atom is 0.251 e. The molecule has 2 fully saturated rings. The second kappa shape index (κ2) is 9.24. The number of carbonyl (C=O) groups is 1. The molecule has 29 heavy (non-hydrogen) atoms. The lowest BCUT2D eigenvalue weighted by molar-refractivity contribution is 0.0857. The van der Waals surface area contributed by atoms with Gasteiger partial charge in [0.1, 0.15) is 5.82 Å². The number of anilines is 3. The van der Waals surface area contributed by atoms with Crippen molar-refractivity contribution in [3.05, 3.63) is 48.2 Å². The highest BCUT2D eigenvalue weighted by molar-refractivity contribution is 5.94. The van der Waals surface area contributed by atoms with E-state index in [0.29, 0.717) is 17.9 Å². The van der Waals surface area contributed by atoms with Gasteiger partial charge < -0.3 is 25.2 Å². The van der Waals surface area contributed by atoms with Crippen LogP contribution in [0, 0.1) is 0 Å². The van der Waals surface area contributed by atoms with Crippen LogP contribution in [0.5, 0.6) is 0 Å². The zero-order chi connectivity index (χ0) is 20.1. The molecule has 1 aromatic heterocycles. The van der Waals surface area contributed by atoms with Gasteiger partial charge in [-0.15, -0.1) is 0 Å². The third-order valence-electron chi connectivity index (χ3n) is 5.54. The molecule has 0 saturated carbocycles. The molecule has 4 rings (SSSR count). The van der Waals surface area contributed by atoms with Crippen LogP contribution in [0.1, 0.15) is 23.2 Å². The first kappa shape index (κ1) is 19.7. The fraction of sp³-hybridized carbons (Fsp3) is 0.455. The molecule has 154 valence electrons. The molecule has 7 heteroatoms. The Morgan fingerprint density at radius 1 is 1.17 bits per heavy atom. The van der Waals surface area contributed by atoms with Crippen molar-refractivity contribution < 1.29 is 9.53 Å². The molecular formula is C22H29N5O2. The Morgan fingerprint density at radius 2 is 1.97 bits per heavy atom. The van der Waals surface area contributed by atoms with Crippen LogP contribution in [-0.2, 0) is 4.74 Å². The maximum absolute atomic E-state index is 12.4.